The Labute approximate surface area is 147 Å². The molecule has 0 bridgehead atoms. The van der Waals surface area contributed by atoms with Gasteiger partial charge in [-0.3, -0.25) is 15.2 Å². The van der Waals surface area contributed by atoms with E-state index in [1.165, 1.54) is 13.8 Å². The molecule has 0 unspecified atom stereocenters. The second-order valence-corrected chi connectivity index (χ2v) is 6.75. The Morgan fingerprint density at radius 1 is 1.20 bits per heavy atom. The second-order valence-electron chi connectivity index (χ2n) is 6.75. The average molecular weight is 353 g/mol. The molecule has 4 N–H and O–H groups in total. The molecule has 0 radical (unpaired) electrons. The van der Waals surface area contributed by atoms with E-state index in [9.17, 15) is 20.0 Å². The van der Waals surface area contributed by atoms with Crippen LogP contribution in [0.5, 0.6) is 0 Å². The summed E-state index contributed by atoms with van der Waals surface area (Å²) in [6.07, 6.45) is -1.39. The van der Waals surface area contributed by atoms with Crippen LogP contribution < -0.4 is 10.6 Å². The zero-order chi connectivity index (χ0) is 19.0. The van der Waals surface area contributed by atoms with Crippen LogP contribution in [0.3, 0.4) is 0 Å². The predicted molar refractivity (Wildman–Crippen MR) is 90.6 cm³/mol. The van der Waals surface area contributed by atoms with Gasteiger partial charge in [0.2, 0.25) is 5.91 Å². The van der Waals surface area contributed by atoms with E-state index in [-0.39, 0.29) is 17.8 Å². The van der Waals surface area contributed by atoms with Crippen molar-refractivity contribution in [3.8, 4) is 0 Å². The van der Waals surface area contributed by atoms with Gasteiger partial charge < -0.3 is 15.4 Å². The zero-order valence-corrected chi connectivity index (χ0v) is 15.0. The van der Waals surface area contributed by atoms with E-state index in [1.807, 2.05) is 44.2 Å². The van der Waals surface area contributed by atoms with Gasteiger partial charge in [-0.2, -0.15) is 0 Å². The highest BCUT2D eigenvalue weighted by molar-refractivity contribution is 5.89. The van der Waals surface area contributed by atoms with Gasteiger partial charge in [0.15, 0.2) is 0 Å². The zero-order valence-electron chi connectivity index (χ0n) is 15.0. The molecule has 1 rings (SSSR count). The summed E-state index contributed by atoms with van der Waals surface area (Å²) in [5, 5.41) is 23.4. The van der Waals surface area contributed by atoms with Gasteiger partial charge in [-0.15, -0.1) is 0 Å². The molecule has 140 valence electrons. The molecule has 8 nitrogen and oxygen atoms in total. The van der Waals surface area contributed by atoms with Crippen molar-refractivity contribution in [3.63, 3.8) is 0 Å². The first-order valence-corrected chi connectivity index (χ1v) is 8.08. The Bertz CT molecular complexity index is 561. The SMILES string of the molecule is CC(C)C[C@H](NC(=O)C(C)(C)NC(=O)OCc1ccccc1)N(O)O. The lowest BCUT2D eigenvalue weighted by atomic mass is 10.0. The number of ether oxygens (including phenoxy) is 1. The molecule has 1 atom stereocenters. The van der Waals surface area contributed by atoms with Gasteiger partial charge in [-0.25, -0.2) is 4.79 Å². The first kappa shape index (κ1) is 20.9. The molecule has 0 aliphatic carbocycles. The standard InChI is InChI=1S/C17H27N3O5/c1-12(2)10-14(20(23)24)18-15(21)17(3,4)19-16(22)25-11-13-8-6-5-7-9-13/h5-9,12,14,23-24H,10-11H2,1-4H3,(H,18,21)(H,19,22)/t14-/m1/s1. The number of nitrogens with one attached hydrogen (secondary N) is 2. The lowest BCUT2D eigenvalue weighted by Crippen LogP contribution is -2.59. The summed E-state index contributed by atoms with van der Waals surface area (Å²) in [6.45, 7) is 6.84. The Kier molecular flexibility index (Phi) is 7.82. The van der Waals surface area contributed by atoms with E-state index in [4.69, 9.17) is 4.74 Å². The van der Waals surface area contributed by atoms with E-state index >= 15 is 0 Å². The number of carbonyl (C=O) groups excluding carboxylic acids is 2. The number of carbonyl (C=O) groups is 2. The Hall–Kier alpha value is -2.16. The summed E-state index contributed by atoms with van der Waals surface area (Å²) in [7, 11) is 0. The number of amides is 2. The molecule has 25 heavy (non-hydrogen) atoms. The lowest BCUT2D eigenvalue weighted by Gasteiger charge is -2.29. The van der Waals surface area contributed by atoms with Crippen LogP contribution in [0.2, 0.25) is 0 Å². The average Bonchev–Trinajstić information content (AvgIpc) is 2.52. The molecule has 0 saturated carbocycles. The fourth-order valence-electron chi connectivity index (χ4n) is 2.06. The van der Waals surface area contributed by atoms with Crippen LogP contribution in [0.25, 0.3) is 0 Å². The first-order chi connectivity index (χ1) is 11.6. The van der Waals surface area contributed by atoms with Gasteiger partial charge in [-0.05, 0) is 37.0 Å². The van der Waals surface area contributed by atoms with Crippen molar-refractivity contribution in [2.75, 3.05) is 0 Å². The van der Waals surface area contributed by atoms with Crippen LogP contribution >= 0.6 is 0 Å². The number of benzene rings is 1. The molecule has 0 heterocycles. The van der Waals surface area contributed by atoms with Crippen molar-refractivity contribution in [1.82, 2.24) is 15.9 Å². The van der Waals surface area contributed by atoms with Crippen LogP contribution in [0, 0.1) is 5.92 Å². The third-order valence-corrected chi connectivity index (χ3v) is 3.47. The lowest BCUT2D eigenvalue weighted by molar-refractivity contribution is -0.337. The van der Waals surface area contributed by atoms with E-state index in [0.29, 0.717) is 6.42 Å². The molecule has 0 saturated heterocycles. The summed E-state index contributed by atoms with van der Waals surface area (Å²) >= 11 is 0. The van der Waals surface area contributed by atoms with Gasteiger partial charge in [0.05, 0.1) is 0 Å². The number of alkyl carbamates (subject to hydrolysis) is 1. The Morgan fingerprint density at radius 2 is 1.80 bits per heavy atom. The monoisotopic (exact) mass is 353 g/mol. The summed E-state index contributed by atoms with van der Waals surface area (Å²) in [4.78, 5) is 24.3. The summed E-state index contributed by atoms with van der Waals surface area (Å²) in [5.41, 5.74) is -0.466. The largest absolute Gasteiger partial charge is 0.445 e. The molecule has 0 aliphatic heterocycles. The van der Waals surface area contributed by atoms with Crippen molar-refractivity contribution in [2.45, 2.75) is 52.4 Å². The van der Waals surface area contributed by atoms with Crippen molar-refractivity contribution in [3.05, 3.63) is 35.9 Å². The predicted octanol–water partition coefficient (Wildman–Crippen LogP) is 2.26. The van der Waals surface area contributed by atoms with Crippen molar-refractivity contribution < 1.29 is 24.7 Å². The number of hydrogen-bond donors (Lipinski definition) is 4. The minimum Gasteiger partial charge on any atom is -0.445 e. The van der Waals surface area contributed by atoms with Gasteiger partial charge in [-0.1, -0.05) is 44.2 Å². The van der Waals surface area contributed by atoms with Crippen molar-refractivity contribution in [2.24, 2.45) is 5.92 Å². The molecular formula is C17H27N3O5. The molecule has 0 fully saturated rings. The summed E-state index contributed by atoms with van der Waals surface area (Å²) in [6, 6.07) is 9.16. The molecule has 2 amide bonds. The molecule has 8 heteroatoms. The fraction of sp³-hybridized carbons (Fsp3) is 0.529. The molecular weight excluding hydrogens is 326 g/mol. The van der Waals surface area contributed by atoms with Gasteiger partial charge in [0, 0.05) is 0 Å². The van der Waals surface area contributed by atoms with Crippen LogP contribution in [0.4, 0.5) is 4.79 Å². The number of rotatable bonds is 8. The normalized spacial score (nSPS) is 12.8. The number of hydrogen-bond acceptors (Lipinski definition) is 6. The second kappa shape index (κ2) is 9.36. The quantitative estimate of drug-likeness (QED) is 0.421. The first-order valence-electron chi connectivity index (χ1n) is 8.08. The third-order valence-electron chi connectivity index (χ3n) is 3.47. The molecule has 0 aromatic heterocycles. The Morgan fingerprint density at radius 3 is 2.32 bits per heavy atom. The molecule has 0 spiro atoms. The highest BCUT2D eigenvalue weighted by Gasteiger charge is 2.33. The van der Waals surface area contributed by atoms with E-state index < -0.39 is 23.7 Å². The molecule has 0 aliphatic rings. The van der Waals surface area contributed by atoms with Gasteiger partial charge in [0.1, 0.15) is 18.3 Å². The van der Waals surface area contributed by atoms with E-state index in [1.54, 1.807) is 0 Å². The number of nitrogens with zero attached hydrogens (tertiary/aromatic N) is 1. The third kappa shape index (κ3) is 7.51. The maximum Gasteiger partial charge on any atom is 0.408 e. The highest BCUT2D eigenvalue weighted by Crippen LogP contribution is 2.10. The van der Waals surface area contributed by atoms with Gasteiger partial charge >= 0.3 is 6.09 Å². The molecule has 1 aromatic rings. The van der Waals surface area contributed by atoms with Crippen LogP contribution in [0.15, 0.2) is 30.3 Å². The summed E-state index contributed by atoms with van der Waals surface area (Å²) < 4.78 is 5.09. The Balaban J connectivity index is 2.56. The minimum absolute atomic E-state index is 0.0400. The van der Waals surface area contributed by atoms with Crippen molar-refractivity contribution in [1.29, 1.82) is 0 Å². The van der Waals surface area contributed by atoms with Gasteiger partial charge in [0.25, 0.3) is 0 Å². The highest BCUT2D eigenvalue weighted by atomic mass is 16.8. The van der Waals surface area contributed by atoms with E-state index in [2.05, 4.69) is 10.6 Å². The smallest absolute Gasteiger partial charge is 0.408 e. The molecule has 1 aromatic carbocycles. The minimum atomic E-state index is -1.29. The topological polar surface area (TPSA) is 111 Å². The summed E-state index contributed by atoms with van der Waals surface area (Å²) in [5.74, 6) is -0.443. The fourth-order valence-corrected chi connectivity index (χ4v) is 2.06. The van der Waals surface area contributed by atoms with Crippen LogP contribution in [0.1, 0.15) is 39.7 Å². The van der Waals surface area contributed by atoms with E-state index in [0.717, 1.165) is 5.56 Å². The maximum absolute atomic E-state index is 12.3. The number of hydroxylamine groups is 2. The maximum atomic E-state index is 12.3. The van der Waals surface area contributed by atoms with Crippen molar-refractivity contribution >= 4 is 12.0 Å². The van der Waals surface area contributed by atoms with Crippen LogP contribution in [-0.4, -0.2) is 39.3 Å². The van der Waals surface area contributed by atoms with Crippen LogP contribution in [-0.2, 0) is 16.1 Å².